The number of carbonyl (C=O) groups excluding carboxylic acids is 1. The summed E-state index contributed by atoms with van der Waals surface area (Å²) in [5, 5.41) is 13.4. The van der Waals surface area contributed by atoms with E-state index in [0.717, 1.165) is 5.56 Å². The molecule has 0 heterocycles. The summed E-state index contributed by atoms with van der Waals surface area (Å²) >= 11 is 0. The van der Waals surface area contributed by atoms with Gasteiger partial charge in [-0.2, -0.15) is 0 Å². The topological polar surface area (TPSA) is 118 Å². The summed E-state index contributed by atoms with van der Waals surface area (Å²) in [6, 6.07) is 21.2. The van der Waals surface area contributed by atoms with Crippen molar-refractivity contribution in [2.75, 3.05) is 11.9 Å². The summed E-state index contributed by atoms with van der Waals surface area (Å²) in [5.41, 5.74) is 2.08. The van der Waals surface area contributed by atoms with Crippen molar-refractivity contribution in [2.24, 2.45) is 0 Å². The van der Waals surface area contributed by atoms with Crippen LogP contribution in [0.1, 0.15) is 11.1 Å². The van der Waals surface area contributed by atoms with Gasteiger partial charge in [-0.05, 0) is 41.8 Å². The summed E-state index contributed by atoms with van der Waals surface area (Å²) in [7, 11) is -3.65. The van der Waals surface area contributed by atoms with Crippen LogP contribution in [0, 0.1) is 10.1 Å². The Kier molecular flexibility index (Phi) is 7.11. The lowest BCUT2D eigenvalue weighted by atomic mass is 10.1. The van der Waals surface area contributed by atoms with Crippen LogP contribution in [0.3, 0.4) is 0 Å². The largest absolute Gasteiger partial charge is 0.326 e. The Morgan fingerprint density at radius 1 is 0.871 bits per heavy atom. The molecule has 0 atom stereocenters. The van der Waals surface area contributed by atoms with E-state index in [2.05, 4.69) is 10.0 Å². The molecule has 9 heteroatoms. The summed E-state index contributed by atoms with van der Waals surface area (Å²) in [6.45, 7) is 0.278. The molecule has 0 bridgehead atoms. The first kappa shape index (κ1) is 22.1. The predicted octanol–water partition coefficient (Wildman–Crippen LogP) is 3.30. The van der Waals surface area contributed by atoms with E-state index in [1.807, 2.05) is 30.3 Å². The van der Waals surface area contributed by atoms with Gasteiger partial charge < -0.3 is 5.32 Å². The molecule has 0 saturated heterocycles. The van der Waals surface area contributed by atoms with E-state index in [1.54, 1.807) is 0 Å². The molecular formula is C22H21N3O5S. The van der Waals surface area contributed by atoms with E-state index >= 15 is 0 Å². The maximum Gasteiger partial charge on any atom is 0.269 e. The molecule has 160 valence electrons. The highest BCUT2D eigenvalue weighted by molar-refractivity contribution is 7.89. The zero-order chi connectivity index (χ0) is 22.3. The van der Waals surface area contributed by atoms with Gasteiger partial charge in [0.2, 0.25) is 15.9 Å². The third-order valence-electron chi connectivity index (χ3n) is 4.51. The minimum atomic E-state index is -3.65. The second-order valence-corrected chi connectivity index (χ2v) is 8.57. The number of non-ortho nitro benzene ring substituents is 1. The fourth-order valence-electron chi connectivity index (χ4n) is 2.90. The van der Waals surface area contributed by atoms with Crippen LogP contribution in [0.5, 0.6) is 0 Å². The Morgan fingerprint density at radius 2 is 1.52 bits per heavy atom. The zero-order valence-corrected chi connectivity index (χ0v) is 17.3. The number of anilines is 1. The molecule has 0 saturated carbocycles. The molecule has 8 nitrogen and oxygen atoms in total. The summed E-state index contributed by atoms with van der Waals surface area (Å²) in [4.78, 5) is 22.5. The SMILES string of the molecule is O=C(Cc1ccc([N+](=O)[O-])cc1)Nc1ccc(S(=O)(=O)NCCc2ccccc2)cc1. The first-order valence-electron chi connectivity index (χ1n) is 9.50. The molecule has 0 aliphatic rings. The van der Waals surface area contributed by atoms with Crippen LogP contribution in [0.25, 0.3) is 0 Å². The average molecular weight is 439 g/mol. The van der Waals surface area contributed by atoms with Crippen molar-refractivity contribution in [3.8, 4) is 0 Å². The Hall–Kier alpha value is -3.56. The van der Waals surface area contributed by atoms with Crippen LogP contribution in [0.2, 0.25) is 0 Å². The molecule has 3 aromatic rings. The predicted molar refractivity (Wildman–Crippen MR) is 117 cm³/mol. The van der Waals surface area contributed by atoms with Gasteiger partial charge in [0.25, 0.3) is 5.69 Å². The van der Waals surface area contributed by atoms with Crippen LogP contribution in [-0.4, -0.2) is 25.8 Å². The number of benzene rings is 3. The highest BCUT2D eigenvalue weighted by Gasteiger charge is 2.14. The lowest BCUT2D eigenvalue weighted by Gasteiger charge is -2.09. The van der Waals surface area contributed by atoms with E-state index in [1.165, 1.54) is 48.5 Å². The molecule has 0 spiro atoms. The van der Waals surface area contributed by atoms with Crippen molar-refractivity contribution in [1.29, 1.82) is 0 Å². The average Bonchev–Trinajstić information content (AvgIpc) is 2.75. The monoisotopic (exact) mass is 439 g/mol. The number of nitro groups is 1. The molecule has 0 aliphatic heterocycles. The van der Waals surface area contributed by atoms with Crippen molar-refractivity contribution in [3.63, 3.8) is 0 Å². The van der Waals surface area contributed by atoms with E-state index in [-0.39, 0.29) is 29.5 Å². The van der Waals surface area contributed by atoms with Crippen LogP contribution < -0.4 is 10.0 Å². The van der Waals surface area contributed by atoms with Gasteiger partial charge in [0.1, 0.15) is 0 Å². The Labute approximate surface area is 180 Å². The number of rotatable bonds is 9. The fraction of sp³-hybridized carbons (Fsp3) is 0.136. The van der Waals surface area contributed by atoms with Gasteiger partial charge in [0.15, 0.2) is 0 Å². The number of sulfonamides is 1. The lowest BCUT2D eigenvalue weighted by Crippen LogP contribution is -2.26. The Morgan fingerprint density at radius 3 is 2.13 bits per heavy atom. The van der Waals surface area contributed by atoms with Gasteiger partial charge in [0, 0.05) is 24.4 Å². The van der Waals surface area contributed by atoms with Gasteiger partial charge >= 0.3 is 0 Å². The molecule has 3 rings (SSSR count). The van der Waals surface area contributed by atoms with Crippen molar-refractivity contribution < 1.29 is 18.1 Å². The molecule has 0 aliphatic carbocycles. The number of nitro benzene ring substituents is 1. The standard InChI is InChI=1S/C22H21N3O5S/c26-22(16-18-6-10-20(11-7-18)25(27)28)24-19-8-12-21(13-9-19)31(29,30)23-15-14-17-4-2-1-3-5-17/h1-13,23H,14-16H2,(H,24,26). The van der Waals surface area contributed by atoms with Gasteiger partial charge in [-0.25, -0.2) is 13.1 Å². The third kappa shape index (κ3) is 6.46. The first-order valence-corrected chi connectivity index (χ1v) is 11.0. The van der Waals surface area contributed by atoms with E-state index in [0.29, 0.717) is 17.7 Å². The van der Waals surface area contributed by atoms with Crippen LogP contribution in [-0.2, 0) is 27.7 Å². The Balaban J connectivity index is 1.53. The van der Waals surface area contributed by atoms with Crippen molar-refractivity contribution >= 4 is 27.3 Å². The number of amides is 1. The van der Waals surface area contributed by atoms with Crippen LogP contribution in [0.4, 0.5) is 11.4 Å². The summed E-state index contributed by atoms with van der Waals surface area (Å²) < 4.78 is 27.4. The number of hydrogen-bond donors (Lipinski definition) is 2. The second-order valence-electron chi connectivity index (χ2n) is 6.81. The van der Waals surface area contributed by atoms with E-state index < -0.39 is 14.9 Å². The number of nitrogens with zero attached hydrogens (tertiary/aromatic N) is 1. The highest BCUT2D eigenvalue weighted by atomic mass is 32.2. The number of nitrogens with one attached hydrogen (secondary N) is 2. The molecule has 0 radical (unpaired) electrons. The van der Waals surface area contributed by atoms with E-state index in [9.17, 15) is 23.3 Å². The minimum Gasteiger partial charge on any atom is -0.326 e. The van der Waals surface area contributed by atoms with Gasteiger partial charge in [-0.15, -0.1) is 0 Å². The number of hydrogen-bond acceptors (Lipinski definition) is 5. The maximum absolute atomic E-state index is 12.4. The highest BCUT2D eigenvalue weighted by Crippen LogP contribution is 2.16. The first-order chi connectivity index (χ1) is 14.8. The molecule has 0 unspecified atom stereocenters. The summed E-state index contributed by atoms with van der Waals surface area (Å²) in [6.07, 6.45) is 0.621. The quantitative estimate of drug-likeness (QED) is 0.392. The zero-order valence-electron chi connectivity index (χ0n) is 16.5. The fourth-order valence-corrected chi connectivity index (χ4v) is 3.93. The van der Waals surface area contributed by atoms with Crippen molar-refractivity contribution in [3.05, 3.63) is 100 Å². The lowest BCUT2D eigenvalue weighted by molar-refractivity contribution is -0.384. The smallest absolute Gasteiger partial charge is 0.269 e. The summed E-state index contributed by atoms with van der Waals surface area (Å²) in [5.74, 6) is -0.314. The molecule has 0 aromatic heterocycles. The molecule has 0 fully saturated rings. The van der Waals surface area contributed by atoms with E-state index in [4.69, 9.17) is 0 Å². The normalized spacial score (nSPS) is 11.1. The second kappa shape index (κ2) is 9.96. The molecule has 3 aromatic carbocycles. The van der Waals surface area contributed by atoms with Gasteiger partial charge in [-0.1, -0.05) is 42.5 Å². The minimum absolute atomic E-state index is 0.0408. The molecule has 31 heavy (non-hydrogen) atoms. The number of carbonyl (C=O) groups is 1. The molecule has 2 N–H and O–H groups in total. The van der Waals surface area contributed by atoms with Crippen molar-refractivity contribution in [1.82, 2.24) is 4.72 Å². The molecular weight excluding hydrogens is 418 g/mol. The van der Waals surface area contributed by atoms with Gasteiger partial charge in [0.05, 0.1) is 16.2 Å². The van der Waals surface area contributed by atoms with Crippen LogP contribution in [0.15, 0.2) is 83.8 Å². The van der Waals surface area contributed by atoms with Gasteiger partial charge in [-0.3, -0.25) is 14.9 Å². The Bertz CT molecular complexity index is 1150. The third-order valence-corrected chi connectivity index (χ3v) is 5.99. The maximum atomic E-state index is 12.4. The molecule has 1 amide bonds. The van der Waals surface area contributed by atoms with Crippen molar-refractivity contribution in [2.45, 2.75) is 17.7 Å². The van der Waals surface area contributed by atoms with Crippen LogP contribution >= 0.6 is 0 Å².